The number of unbranched alkanes of at least 4 members (excludes halogenated alkanes) is 1. The second-order valence-corrected chi connectivity index (χ2v) is 12.3. The van der Waals surface area contributed by atoms with E-state index in [4.69, 9.17) is 5.73 Å². The summed E-state index contributed by atoms with van der Waals surface area (Å²) in [4.78, 5) is 23.7. The number of nitrogens with one attached hydrogen (secondary N) is 2. The summed E-state index contributed by atoms with van der Waals surface area (Å²) in [6.45, 7) is 6.76. The number of primary amides is 1. The fourth-order valence-electron chi connectivity index (χ4n) is 5.58. The number of aliphatic hydroxyl groups excluding tert-OH is 1. The second-order valence-electron chi connectivity index (χ2n) is 12.3. The van der Waals surface area contributed by atoms with E-state index in [1.54, 1.807) is 0 Å². The third-order valence-corrected chi connectivity index (χ3v) is 7.90. The molecule has 1 fully saturated rings. The maximum absolute atomic E-state index is 13.9. The summed E-state index contributed by atoms with van der Waals surface area (Å²) >= 11 is 0. The monoisotopic (exact) mass is 557 g/mol. The van der Waals surface area contributed by atoms with Crippen molar-refractivity contribution in [1.29, 1.82) is 0 Å². The first-order chi connectivity index (χ1) is 18.9. The molecule has 0 aliphatic heterocycles. The van der Waals surface area contributed by atoms with Crippen molar-refractivity contribution in [2.24, 2.45) is 5.73 Å². The summed E-state index contributed by atoms with van der Waals surface area (Å²) in [7, 11) is 0. The Kier molecular flexibility index (Phi) is 11.2. The van der Waals surface area contributed by atoms with Gasteiger partial charge in [-0.3, -0.25) is 9.59 Å². The first kappa shape index (κ1) is 31.7. The molecule has 1 saturated carbocycles. The zero-order valence-corrected chi connectivity index (χ0v) is 24.1. The quantitative estimate of drug-likeness (QED) is 0.256. The number of halogens is 2. The van der Waals surface area contributed by atoms with Crippen molar-refractivity contribution in [1.82, 2.24) is 10.6 Å². The predicted molar refractivity (Wildman–Crippen MR) is 154 cm³/mol. The zero-order valence-electron chi connectivity index (χ0n) is 24.1. The van der Waals surface area contributed by atoms with Crippen LogP contribution in [0.1, 0.15) is 95.2 Å². The van der Waals surface area contributed by atoms with Gasteiger partial charge in [-0.25, -0.2) is 8.78 Å². The van der Waals surface area contributed by atoms with Gasteiger partial charge in [0.1, 0.15) is 11.6 Å². The molecule has 40 heavy (non-hydrogen) atoms. The molecule has 2 aromatic rings. The minimum atomic E-state index is -1.01. The minimum absolute atomic E-state index is 0.00156. The SMILES string of the molecule is CC(C)(C)c1cccc(C2(NC[C@@H](O)[C@H](Cc3cc(F)cc(F)c3)NC(=O)CCCCC(N)=O)CCCCC2)c1. The van der Waals surface area contributed by atoms with E-state index in [0.29, 0.717) is 18.4 Å². The van der Waals surface area contributed by atoms with Crippen LogP contribution in [-0.4, -0.2) is 35.6 Å². The Balaban J connectivity index is 1.78. The number of aliphatic hydroxyl groups is 1. The number of hydrogen-bond acceptors (Lipinski definition) is 4. The Morgan fingerprint density at radius 3 is 2.27 bits per heavy atom. The fraction of sp³-hybridized carbons (Fsp3) is 0.562. The normalized spacial score (nSPS) is 16.8. The maximum atomic E-state index is 13.9. The van der Waals surface area contributed by atoms with Gasteiger partial charge in [-0.05, 0) is 66.3 Å². The first-order valence-corrected chi connectivity index (χ1v) is 14.4. The number of amides is 2. The fourth-order valence-corrected chi connectivity index (χ4v) is 5.58. The van der Waals surface area contributed by atoms with Gasteiger partial charge >= 0.3 is 0 Å². The van der Waals surface area contributed by atoms with Crippen LogP contribution in [0.2, 0.25) is 0 Å². The van der Waals surface area contributed by atoms with E-state index in [9.17, 15) is 23.5 Å². The van der Waals surface area contributed by atoms with Crippen molar-refractivity contribution >= 4 is 11.8 Å². The molecule has 2 aromatic carbocycles. The number of rotatable bonds is 13. The zero-order chi connectivity index (χ0) is 29.3. The van der Waals surface area contributed by atoms with Crippen molar-refractivity contribution in [3.63, 3.8) is 0 Å². The highest BCUT2D eigenvalue weighted by atomic mass is 19.1. The van der Waals surface area contributed by atoms with Crippen molar-refractivity contribution in [3.05, 3.63) is 70.8 Å². The lowest BCUT2D eigenvalue weighted by Gasteiger charge is -2.41. The van der Waals surface area contributed by atoms with E-state index < -0.39 is 29.7 Å². The molecular weight excluding hydrogens is 512 g/mol. The van der Waals surface area contributed by atoms with Gasteiger partial charge in [0.15, 0.2) is 0 Å². The van der Waals surface area contributed by atoms with Crippen LogP contribution in [0, 0.1) is 11.6 Å². The molecule has 0 radical (unpaired) electrons. The lowest BCUT2D eigenvalue weighted by atomic mass is 9.74. The molecule has 2 atom stereocenters. The van der Waals surface area contributed by atoms with Crippen LogP contribution in [0.3, 0.4) is 0 Å². The standard InChI is InChI=1S/C32H45F2N3O3/c1-31(2,3)23-10-9-11-24(19-23)32(14-7-4-8-15-32)36-21-28(38)27(18-22-16-25(33)20-26(34)17-22)37-30(40)13-6-5-12-29(35)39/h9-11,16-17,19-20,27-28,36,38H,4-8,12-15,18,21H2,1-3H3,(H2,35,39)(H,37,40)/t27-,28+/m0/s1. The predicted octanol–water partition coefficient (Wildman–Crippen LogP) is 5.15. The van der Waals surface area contributed by atoms with E-state index in [0.717, 1.165) is 38.2 Å². The average molecular weight is 558 g/mol. The Morgan fingerprint density at radius 2 is 1.65 bits per heavy atom. The minimum Gasteiger partial charge on any atom is -0.390 e. The number of carbonyl (C=O) groups is 2. The van der Waals surface area contributed by atoms with Crippen LogP contribution in [0.25, 0.3) is 0 Å². The smallest absolute Gasteiger partial charge is 0.220 e. The summed E-state index contributed by atoms with van der Waals surface area (Å²) in [6, 6.07) is 11.1. The molecule has 220 valence electrons. The number of benzene rings is 2. The highest BCUT2D eigenvalue weighted by Gasteiger charge is 2.35. The van der Waals surface area contributed by atoms with Crippen LogP contribution in [0.15, 0.2) is 42.5 Å². The molecule has 0 unspecified atom stereocenters. The van der Waals surface area contributed by atoms with E-state index in [2.05, 4.69) is 55.7 Å². The molecule has 1 aliphatic carbocycles. The Bertz CT molecular complexity index is 1120. The largest absolute Gasteiger partial charge is 0.390 e. The van der Waals surface area contributed by atoms with E-state index in [-0.39, 0.29) is 42.7 Å². The van der Waals surface area contributed by atoms with Gasteiger partial charge in [0.05, 0.1) is 12.1 Å². The van der Waals surface area contributed by atoms with Gasteiger partial charge in [-0.1, -0.05) is 64.3 Å². The molecule has 0 aromatic heterocycles. The molecule has 0 spiro atoms. The maximum Gasteiger partial charge on any atom is 0.220 e. The van der Waals surface area contributed by atoms with E-state index in [1.165, 1.54) is 23.3 Å². The lowest BCUT2D eigenvalue weighted by molar-refractivity contribution is -0.123. The van der Waals surface area contributed by atoms with Gasteiger partial charge in [0.25, 0.3) is 0 Å². The summed E-state index contributed by atoms with van der Waals surface area (Å²) in [5.74, 6) is -2.13. The van der Waals surface area contributed by atoms with Gasteiger partial charge < -0.3 is 21.5 Å². The molecule has 2 amide bonds. The third-order valence-electron chi connectivity index (χ3n) is 7.90. The molecule has 6 nitrogen and oxygen atoms in total. The lowest BCUT2D eigenvalue weighted by Crippen LogP contribution is -2.53. The Labute approximate surface area is 237 Å². The topological polar surface area (TPSA) is 104 Å². The van der Waals surface area contributed by atoms with Crippen molar-refractivity contribution in [2.75, 3.05) is 6.54 Å². The molecule has 0 saturated heterocycles. The molecule has 3 rings (SSSR count). The summed E-state index contributed by atoms with van der Waals surface area (Å²) in [6.07, 6.45) is 5.52. The van der Waals surface area contributed by atoms with Gasteiger partial charge in [0.2, 0.25) is 11.8 Å². The van der Waals surface area contributed by atoms with Crippen LogP contribution < -0.4 is 16.4 Å². The van der Waals surface area contributed by atoms with Gasteiger partial charge in [-0.2, -0.15) is 0 Å². The molecule has 8 heteroatoms. The van der Waals surface area contributed by atoms with Crippen LogP contribution in [0.4, 0.5) is 8.78 Å². The van der Waals surface area contributed by atoms with Crippen molar-refractivity contribution < 1.29 is 23.5 Å². The van der Waals surface area contributed by atoms with Crippen LogP contribution in [-0.2, 0) is 27.0 Å². The number of carbonyl (C=O) groups excluding carboxylic acids is 2. The van der Waals surface area contributed by atoms with Gasteiger partial charge in [0, 0.05) is 31.0 Å². The Morgan fingerprint density at radius 1 is 1.00 bits per heavy atom. The summed E-state index contributed by atoms with van der Waals surface area (Å²) < 4.78 is 27.8. The number of hydrogen-bond donors (Lipinski definition) is 4. The van der Waals surface area contributed by atoms with Crippen LogP contribution in [0.5, 0.6) is 0 Å². The first-order valence-electron chi connectivity index (χ1n) is 14.4. The van der Waals surface area contributed by atoms with Crippen molar-refractivity contribution in [2.45, 2.75) is 108 Å². The van der Waals surface area contributed by atoms with E-state index in [1.807, 2.05) is 0 Å². The van der Waals surface area contributed by atoms with Gasteiger partial charge in [-0.15, -0.1) is 0 Å². The highest BCUT2D eigenvalue weighted by Crippen LogP contribution is 2.38. The average Bonchev–Trinajstić information content (AvgIpc) is 2.89. The molecule has 0 bridgehead atoms. The Hall–Kier alpha value is -2.84. The van der Waals surface area contributed by atoms with E-state index >= 15 is 0 Å². The molecule has 5 N–H and O–H groups in total. The van der Waals surface area contributed by atoms with Crippen molar-refractivity contribution in [3.8, 4) is 0 Å². The molecular formula is C32H45F2N3O3. The summed E-state index contributed by atoms with van der Waals surface area (Å²) in [5, 5.41) is 17.9. The third kappa shape index (κ3) is 9.37. The number of nitrogens with two attached hydrogens (primary N) is 1. The molecule has 1 aliphatic rings. The highest BCUT2D eigenvalue weighted by molar-refractivity contribution is 5.76. The second kappa shape index (κ2) is 14.2. The molecule has 0 heterocycles. The summed E-state index contributed by atoms with van der Waals surface area (Å²) in [5.41, 5.74) is 7.64. The van der Waals surface area contributed by atoms with Crippen LogP contribution >= 0.6 is 0 Å².